The topological polar surface area (TPSA) is 43.6 Å². The Morgan fingerprint density at radius 1 is 1.28 bits per heavy atom. The molecule has 18 heavy (non-hydrogen) atoms. The van der Waals surface area contributed by atoms with E-state index in [2.05, 4.69) is 37.1 Å². The molecule has 2 aromatic heterocycles. The fourth-order valence-electron chi connectivity index (χ4n) is 1.90. The SMILES string of the molecule is Cc1cc(Cn2cc3cccc(Br)c3n2)ncn1. The van der Waals surface area contributed by atoms with Crippen LogP contribution in [0, 0.1) is 6.92 Å². The van der Waals surface area contributed by atoms with E-state index in [0.717, 1.165) is 26.8 Å². The van der Waals surface area contributed by atoms with Crippen LogP contribution in [0.2, 0.25) is 0 Å². The summed E-state index contributed by atoms with van der Waals surface area (Å²) in [5.74, 6) is 0. The average molecular weight is 303 g/mol. The van der Waals surface area contributed by atoms with Crippen molar-refractivity contribution in [3.8, 4) is 0 Å². The van der Waals surface area contributed by atoms with Gasteiger partial charge in [-0.3, -0.25) is 4.68 Å². The number of halogens is 1. The second kappa shape index (κ2) is 4.49. The van der Waals surface area contributed by atoms with E-state index in [0.29, 0.717) is 6.54 Å². The molecule has 0 unspecified atom stereocenters. The Hall–Kier alpha value is -1.75. The van der Waals surface area contributed by atoms with E-state index in [1.165, 1.54) is 0 Å². The molecule has 0 aliphatic carbocycles. The Bertz CT molecular complexity index is 705. The van der Waals surface area contributed by atoms with Gasteiger partial charge in [-0.1, -0.05) is 12.1 Å². The standard InChI is InChI=1S/C13H11BrN4/c1-9-5-11(16-8-15-9)7-18-6-10-3-2-4-12(14)13(10)17-18/h2-6,8H,7H2,1H3. The van der Waals surface area contributed by atoms with Crippen LogP contribution in [0.3, 0.4) is 0 Å². The maximum atomic E-state index is 4.55. The Morgan fingerprint density at radius 2 is 2.17 bits per heavy atom. The van der Waals surface area contributed by atoms with Crippen LogP contribution >= 0.6 is 15.9 Å². The number of aromatic nitrogens is 4. The van der Waals surface area contributed by atoms with Crippen molar-refractivity contribution in [3.63, 3.8) is 0 Å². The van der Waals surface area contributed by atoms with E-state index in [-0.39, 0.29) is 0 Å². The molecule has 2 heterocycles. The molecule has 0 fully saturated rings. The van der Waals surface area contributed by atoms with Crippen molar-refractivity contribution < 1.29 is 0 Å². The van der Waals surface area contributed by atoms with Crippen molar-refractivity contribution in [2.24, 2.45) is 0 Å². The molecule has 1 aromatic carbocycles. The highest BCUT2D eigenvalue weighted by molar-refractivity contribution is 9.10. The van der Waals surface area contributed by atoms with Crippen molar-refractivity contribution in [3.05, 3.63) is 52.7 Å². The van der Waals surface area contributed by atoms with Gasteiger partial charge in [-0.05, 0) is 35.0 Å². The smallest absolute Gasteiger partial charge is 0.115 e. The van der Waals surface area contributed by atoms with Crippen LogP contribution in [-0.2, 0) is 6.54 Å². The number of rotatable bonds is 2. The van der Waals surface area contributed by atoms with Crippen molar-refractivity contribution in [2.75, 3.05) is 0 Å². The van der Waals surface area contributed by atoms with Gasteiger partial charge in [0.25, 0.3) is 0 Å². The summed E-state index contributed by atoms with van der Waals surface area (Å²) in [4.78, 5) is 8.33. The highest BCUT2D eigenvalue weighted by atomic mass is 79.9. The molecule has 3 rings (SSSR count). The monoisotopic (exact) mass is 302 g/mol. The number of aryl methyl sites for hydroxylation is 1. The molecule has 0 radical (unpaired) electrons. The van der Waals surface area contributed by atoms with Crippen LogP contribution in [0.15, 0.2) is 41.3 Å². The summed E-state index contributed by atoms with van der Waals surface area (Å²) >= 11 is 3.51. The van der Waals surface area contributed by atoms with E-state index in [1.807, 2.05) is 36.0 Å². The van der Waals surface area contributed by atoms with Crippen molar-refractivity contribution in [1.82, 2.24) is 19.7 Å². The molecule has 0 N–H and O–H groups in total. The highest BCUT2D eigenvalue weighted by Crippen LogP contribution is 2.22. The molecule has 0 saturated heterocycles. The third-order valence-electron chi connectivity index (χ3n) is 2.72. The number of hydrogen-bond acceptors (Lipinski definition) is 3. The lowest BCUT2D eigenvalue weighted by molar-refractivity contribution is 0.677. The maximum absolute atomic E-state index is 4.55. The molecular formula is C13H11BrN4. The van der Waals surface area contributed by atoms with Crippen molar-refractivity contribution in [1.29, 1.82) is 0 Å². The normalized spacial score (nSPS) is 11.0. The fourth-order valence-corrected chi connectivity index (χ4v) is 2.36. The van der Waals surface area contributed by atoms with Gasteiger partial charge in [0.05, 0.1) is 12.2 Å². The van der Waals surface area contributed by atoms with E-state index in [1.54, 1.807) is 6.33 Å². The van der Waals surface area contributed by atoms with Crippen LogP contribution in [0.1, 0.15) is 11.4 Å². The predicted octanol–water partition coefficient (Wildman–Crippen LogP) is 2.95. The first-order valence-corrected chi connectivity index (χ1v) is 6.41. The molecule has 0 atom stereocenters. The third kappa shape index (κ3) is 2.13. The Morgan fingerprint density at radius 3 is 2.94 bits per heavy atom. The second-order valence-electron chi connectivity index (χ2n) is 4.16. The van der Waals surface area contributed by atoms with E-state index in [9.17, 15) is 0 Å². The van der Waals surface area contributed by atoms with Gasteiger partial charge in [0, 0.05) is 21.7 Å². The molecule has 0 saturated carbocycles. The first-order chi connectivity index (χ1) is 8.72. The lowest BCUT2D eigenvalue weighted by Crippen LogP contribution is -2.03. The Balaban J connectivity index is 1.98. The number of hydrogen-bond donors (Lipinski definition) is 0. The number of benzene rings is 1. The lowest BCUT2D eigenvalue weighted by atomic mass is 10.3. The summed E-state index contributed by atoms with van der Waals surface area (Å²) in [7, 11) is 0. The summed E-state index contributed by atoms with van der Waals surface area (Å²) < 4.78 is 2.91. The number of nitrogens with zero attached hydrogens (tertiary/aromatic N) is 4. The van der Waals surface area contributed by atoms with Crippen LogP contribution in [0.25, 0.3) is 10.9 Å². The van der Waals surface area contributed by atoms with Crippen LogP contribution in [0.5, 0.6) is 0 Å². The minimum absolute atomic E-state index is 0.657. The molecule has 0 amide bonds. The van der Waals surface area contributed by atoms with Gasteiger partial charge in [0.15, 0.2) is 0 Å². The third-order valence-corrected chi connectivity index (χ3v) is 3.36. The van der Waals surface area contributed by atoms with Gasteiger partial charge in [0.2, 0.25) is 0 Å². The first kappa shape index (κ1) is 11.3. The van der Waals surface area contributed by atoms with Crippen LogP contribution in [-0.4, -0.2) is 19.7 Å². The van der Waals surface area contributed by atoms with Gasteiger partial charge >= 0.3 is 0 Å². The molecule has 0 bridgehead atoms. The average Bonchev–Trinajstić information content (AvgIpc) is 2.73. The molecular weight excluding hydrogens is 292 g/mol. The minimum Gasteiger partial charge on any atom is -0.265 e. The quantitative estimate of drug-likeness (QED) is 0.731. The first-order valence-electron chi connectivity index (χ1n) is 5.61. The van der Waals surface area contributed by atoms with Gasteiger partial charge in [0.1, 0.15) is 11.8 Å². The Labute approximate surface area is 113 Å². The summed E-state index contributed by atoms with van der Waals surface area (Å²) in [6, 6.07) is 8.03. The van der Waals surface area contributed by atoms with E-state index in [4.69, 9.17) is 0 Å². The molecule has 90 valence electrons. The van der Waals surface area contributed by atoms with Gasteiger partial charge in [-0.2, -0.15) is 5.10 Å². The molecule has 5 heteroatoms. The summed E-state index contributed by atoms with van der Waals surface area (Å²) in [6.45, 7) is 2.62. The zero-order valence-corrected chi connectivity index (χ0v) is 11.4. The van der Waals surface area contributed by atoms with Gasteiger partial charge in [-0.15, -0.1) is 0 Å². The summed E-state index contributed by atoms with van der Waals surface area (Å²) in [5, 5.41) is 5.67. The van der Waals surface area contributed by atoms with Crippen molar-refractivity contribution >= 4 is 26.8 Å². The summed E-state index contributed by atoms with van der Waals surface area (Å²) in [6.07, 6.45) is 3.61. The van der Waals surface area contributed by atoms with Crippen LogP contribution in [0.4, 0.5) is 0 Å². The zero-order valence-electron chi connectivity index (χ0n) is 9.84. The largest absolute Gasteiger partial charge is 0.265 e. The predicted molar refractivity (Wildman–Crippen MR) is 73.3 cm³/mol. The lowest BCUT2D eigenvalue weighted by Gasteiger charge is -2.00. The van der Waals surface area contributed by atoms with Crippen molar-refractivity contribution in [2.45, 2.75) is 13.5 Å². The Kier molecular flexibility index (Phi) is 2.83. The number of fused-ring (bicyclic) bond motifs is 1. The zero-order chi connectivity index (χ0) is 12.5. The minimum atomic E-state index is 0.657. The molecule has 4 nitrogen and oxygen atoms in total. The highest BCUT2D eigenvalue weighted by Gasteiger charge is 2.05. The fraction of sp³-hybridized carbons (Fsp3) is 0.154. The molecule has 0 spiro atoms. The molecule has 0 aliphatic rings. The van der Waals surface area contributed by atoms with E-state index >= 15 is 0 Å². The van der Waals surface area contributed by atoms with Gasteiger partial charge in [-0.25, -0.2) is 9.97 Å². The molecule has 3 aromatic rings. The maximum Gasteiger partial charge on any atom is 0.115 e. The van der Waals surface area contributed by atoms with Crippen LogP contribution < -0.4 is 0 Å². The van der Waals surface area contributed by atoms with E-state index < -0.39 is 0 Å². The molecule has 0 aliphatic heterocycles. The van der Waals surface area contributed by atoms with Gasteiger partial charge < -0.3 is 0 Å². The summed E-state index contributed by atoms with van der Waals surface area (Å²) in [5.41, 5.74) is 2.91. The second-order valence-corrected chi connectivity index (χ2v) is 5.01.